The van der Waals surface area contributed by atoms with Crippen LogP contribution in [0.3, 0.4) is 0 Å². The van der Waals surface area contributed by atoms with Gasteiger partial charge in [-0.1, -0.05) is 40.6 Å². The molecule has 3 rings (SSSR count). The Morgan fingerprint density at radius 2 is 2.00 bits per heavy atom. The number of carbonyl (C=O) groups excluding carboxylic acids is 1. The summed E-state index contributed by atoms with van der Waals surface area (Å²) in [5.74, 6) is -0.487. The molecule has 3 nitrogen and oxygen atoms in total. The molecule has 0 fully saturated rings. The summed E-state index contributed by atoms with van der Waals surface area (Å²) in [5, 5.41) is 0.876. The summed E-state index contributed by atoms with van der Waals surface area (Å²) in [4.78, 5) is 14.4. The Hall–Kier alpha value is -1.10. The highest BCUT2D eigenvalue weighted by Crippen LogP contribution is 2.24. The van der Waals surface area contributed by atoms with Crippen LogP contribution in [-0.2, 0) is 12.8 Å². The van der Waals surface area contributed by atoms with Crippen LogP contribution in [0.1, 0.15) is 27.2 Å². The lowest BCUT2D eigenvalue weighted by Crippen LogP contribution is -2.08. The van der Waals surface area contributed by atoms with Crippen LogP contribution in [0.2, 0.25) is 9.49 Å². The molecule has 0 spiro atoms. The van der Waals surface area contributed by atoms with E-state index in [-0.39, 0.29) is 0 Å². The lowest BCUT2D eigenvalue weighted by Gasteiger charge is -1.96. The van der Waals surface area contributed by atoms with E-state index in [2.05, 4.69) is 17.1 Å². The molecule has 0 bridgehead atoms. The van der Waals surface area contributed by atoms with Crippen molar-refractivity contribution in [2.45, 2.75) is 19.3 Å². The predicted molar refractivity (Wildman–Crippen MR) is 79.1 cm³/mol. The summed E-state index contributed by atoms with van der Waals surface area (Å²) >= 11 is 12.3. The van der Waals surface area contributed by atoms with E-state index in [0.29, 0.717) is 9.34 Å². The lowest BCUT2D eigenvalue weighted by atomic mass is 10.1. The molecule has 2 aromatic rings. The molecule has 0 radical (unpaired) electrons. The Kier molecular flexibility index (Phi) is 4.80. The van der Waals surface area contributed by atoms with Crippen molar-refractivity contribution in [3.05, 3.63) is 49.9 Å². The number of amides is 1. The molecular weight excluding hydrogens is 303 g/mol. The van der Waals surface area contributed by atoms with Crippen molar-refractivity contribution < 1.29 is 4.79 Å². The molecule has 0 saturated carbocycles. The molecule has 1 aromatic heterocycles. The number of aryl methyl sites for hydroxylation is 2. The highest BCUT2D eigenvalue weighted by molar-refractivity contribution is 7.17. The molecule has 19 heavy (non-hydrogen) atoms. The summed E-state index contributed by atoms with van der Waals surface area (Å²) in [6, 6.07) is 6.21. The Balaban J connectivity index is 0.000000141. The highest BCUT2D eigenvalue weighted by Gasteiger charge is 2.09. The summed E-state index contributed by atoms with van der Waals surface area (Å²) in [5.41, 5.74) is 7.84. The first kappa shape index (κ1) is 14.3. The van der Waals surface area contributed by atoms with Gasteiger partial charge in [0, 0.05) is 5.02 Å². The summed E-state index contributed by atoms with van der Waals surface area (Å²) in [6.07, 6.45) is 5.12. The van der Waals surface area contributed by atoms with Gasteiger partial charge in [0.25, 0.3) is 5.91 Å². The summed E-state index contributed by atoms with van der Waals surface area (Å²) in [7, 11) is 0. The van der Waals surface area contributed by atoms with E-state index in [9.17, 15) is 4.79 Å². The fraction of sp³-hybridized carbons (Fsp3) is 0.231. The van der Waals surface area contributed by atoms with Gasteiger partial charge in [-0.2, -0.15) is 0 Å². The average molecular weight is 315 g/mol. The van der Waals surface area contributed by atoms with Crippen LogP contribution in [-0.4, -0.2) is 10.9 Å². The SMILES string of the molecule is Clc1ccc2c(c1)CCC2.NC(=O)c1cnc(Cl)s1. The van der Waals surface area contributed by atoms with Gasteiger partial charge in [0.1, 0.15) is 4.88 Å². The van der Waals surface area contributed by atoms with Gasteiger partial charge in [0.15, 0.2) is 4.47 Å². The zero-order chi connectivity index (χ0) is 13.8. The number of aromatic nitrogens is 1. The molecule has 2 N–H and O–H groups in total. The summed E-state index contributed by atoms with van der Waals surface area (Å²) < 4.78 is 0.337. The molecule has 100 valence electrons. The maximum Gasteiger partial charge on any atom is 0.260 e. The van der Waals surface area contributed by atoms with Crippen molar-refractivity contribution in [1.29, 1.82) is 0 Å². The maximum absolute atomic E-state index is 10.3. The van der Waals surface area contributed by atoms with Crippen LogP contribution in [0.15, 0.2) is 24.4 Å². The molecule has 0 saturated heterocycles. The molecule has 0 atom stereocenters. The van der Waals surface area contributed by atoms with Crippen LogP contribution in [0.5, 0.6) is 0 Å². The van der Waals surface area contributed by atoms with E-state index in [0.717, 1.165) is 16.4 Å². The van der Waals surface area contributed by atoms with E-state index in [1.54, 1.807) is 0 Å². The number of thiazole rings is 1. The third kappa shape index (κ3) is 3.93. The third-order valence-electron chi connectivity index (χ3n) is 2.78. The smallest absolute Gasteiger partial charge is 0.260 e. The molecular formula is C13H12Cl2N2OS. The fourth-order valence-corrected chi connectivity index (χ4v) is 2.89. The summed E-state index contributed by atoms with van der Waals surface area (Å²) in [6.45, 7) is 0. The molecule has 1 heterocycles. The van der Waals surface area contributed by atoms with Crippen molar-refractivity contribution in [2.24, 2.45) is 5.73 Å². The number of primary amides is 1. The van der Waals surface area contributed by atoms with Crippen molar-refractivity contribution in [2.75, 3.05) is 0 Å². The Morgan fingerprint density at radius 1 is 1.26 bits per heavy atom. The number of nitrogens with zero attached hydrogens (tertiary/aromatic N) is 1. The second-order valence-corrected chi connectivity index (χ2v) is 6.16. The maximum atomic E-state index is 10.3. The average Bonchev–Trinajstić information content (AvgIpc) is 2.97. The molecule has 1 aromatic carbocycles. The van der Waals surface area contributed by atoms with E-state index < -0.39 is 5.91 Å². The van der Waals surface area contributed by atoms with Gasteiger partial charge in [-0.25, -0.2) is 4.98 Å². The fourth-order valence-electron chi connectivity index (χ4n) is 1.91. The quantitative estimate of drug-likeness (QED) is 0.872. The molecule has 1 aliphatic rings. The largest absolute Gasteiger partial charge is 0.365 e. The first-order valence-electron chi connectivity index (χ1n) is 5.74. The van der Waals surface area contributed by atoms with Crippen LogP contribution >= 0.6 is 34.5 Å². The Bertz CT molecular complexity index is 598. The van der Waals surface area contributed by atoms with E-state index in [4.69, 9.17) is 28.9 Å². The zero-order valence-corrected chi connectivity index (χ0v) is 12.4. The van der Waals surface area contributed by atoms with Gasteiger partial charge < -0.3 is 5.73 Å². The topological polar surface area (TPSA) is 56.0 Å². The van der Waals surface area contributed by atoms with E-state index in [1.165, 1.54) is 36.6 Å². The van der Waals surface area contributed by atoms with Crippen LogP contribution in [0, 0.1) is 0 Å². The predicted octanol–water partition coefficient (Wildman–Crippen LogP) is 3.72. The van der Waals surface area contributed by atoms with E-state index >= 15 is 0 Å². The minimum absolute atomic E-state index is 0.337. The van der Waals surface area contributed by atoms with Gasteiger partial charge in [-0.3, -0.25) is 4.79 Å². The number of hydrogen-bond acceptors (Lipinski definition) is 3. The zero-order valence-electron chi connectivity index (χ0n) is 10.0. The number of benzene rings is 1. The highest BCUT2D eigenvalue weighted by atomic mass is 35.5. The van der Waals surface area contributed by atoms with Crippen molar-refractivity contribution in [3.8, 4) is 0 Å². The van der Waals surface area contributed by atoms with Gasteiger partial charge in [-0.15, -0.1) is 0 Å². The molecule has 0 unspecified atom stereocenters. The van der Waals surface area contributed by atoms with Gasteiger partial charge in [0.05, 0.1) is 6.20 Å². The third-order valence-corrected chi connectivity index (χ3v) is 4.15. The van der Waals surface area contributed by atoms with Crippen LogP contribution in [0.25, 0.3) is 0 Å². The van der Waals surface area contributed by atoms with Gasteiger partial charge in [0.2, 0.25) is 0 Å². The lowest BCUT2D eigenvalue weighted by molar-refractivity contribution is 0.100. The number of nitrogens with two attached hydrogens (primary N) is 1. The Morgan fingerprint density at radius 3 is 2.58 bits per heavy atom. The van der Waals surface area contributed by atoms with Crippen molar-refractivity contribution in [1.82, 2.24) is 4.98 Å². The monoisotopic (exact) mass is 314 g/mol. The van der Waals surface area contributed by atoms with Crippen LogP contribution in [0.4, 0.5) is 0 Å². The number of halogens is 2. The minimum atomic E-state index is -0.487. The number of rotatable bonds is 1. The molecule has 1 aliphatic carbocycles. The standard InChI is InChI=1S/C9H9Cl.C4H3ClN2OS/c10-9-5-4-7-2-1-3-8(7)6-9;5-4-7-1-2(9-4)3(6)8/h4-6H,1-3H2;1H,(H2,6,8). The second-order valence-electron chi connectivity index (χ2n) is 4.11. The first-order valence-corrected chi connectivity index (χ1v) is 7.32. The molecule has 1 amide bonds. The van der Waals surface area contributed by atoms with Gasteiger partial charge >= 0.3 is 0 Å². The second kappa shape index (κ2) is 6.37. The van der Waals surface area contributed by atoms with Crippen molar-refractivity contribution in [3.63, 3.8) is 0 Å². The van der Waals surface area contributed by atoms with Gasteiger partial charge in [-0.05, 0) is 42.5 Å². The molecule has 0 aliphatic heterocycles. The number of fused-ring (bicyclic) bond motifs is 1. The minimum Gasteiger partial charge on any atom is -0.365 e. The molecule has 6 heteroatoms. The number of hydrogen-bond donors (Lipinski definition) is 1. The number of carbonyl (C=O) groups is 1. The first-order chi connectivity index (χ1) is 9.06. The Labute approximate surface area is 125 Å². The van der Waals surface area contributed by atoms with Crippen molar-refractivity contribution >= 4 is 40.4 Å². The van der Waals surface area contributed by atoms with E-state index in [1.807, 2.05) is 6.07 Å². The normalized spacial score (nSPS) is 12.5. The van der Waals surface area contributed by atoms with Crippen LogP contribution < -0.4 is 5.73 Å².